The van der Waals surface area contributed by atoms with Crippen LogP contribution >= 0.6 is 0 Å². The normalized spacial score (nSPS) is 9.04. The fraction of sp³-hybridized carbons (Fsp3) is 0.500. The Morgan fingerprint density at radius 2 is 0.840 bits per heavy atom. The molecule has 1 heteroatoms. The number of hydrogen-bond donors (Lipinski definition) is 0. The molecule has 2 aromatic carbocycles. The van der Waals surface area contributed by atoms with Gasteiger partial charge in [0.1, 0.15) is 0 Å². The van der Waals surface area contributed by atoms with E-state index in [4.69, 9.17) is 0 Å². The minimum Gasteiger partial charge on any atom is -0.358 e. The summed E-state index contributed by atoms with van der Waals surface area (Å²) in [4.78, 5) is 0. The van der Waals surface area contributed by atoms with Crippen LogP contribution in [0.1, 0.15) is 76.3 Å². The van der Waals surface area contributed by atoms with Crippen LogP contribution in [0.3, 0.4) is 0 Å². The maximum absolute atomic E-state index is 2.25. The second-order valence-electron chi connectivity index (χ2n) is 6.21. The Hall–Kier alpha value is -0.417. The molecule has 2 rings (SSSR count). The zero-order chi connectivity index (χ0) is 15.9. The van der Waals surface area contributed by atoms with Gasteiger partial charge < -0.3 is 14.9 Å². The Morgan fingerprint density at radius 1 is 0.520 bits per heavy atom. The molecule has 2 aromatic rings. The molecule has 0 aliphatic carbocycles. The summed E-state index contributed by atoms with van der Waals surface area (Å²) >= 11 is 0. The summed E-state index contributed by atoms with van der Waals surface area (Å²) in [6.07, 6.45) is 13.5. The smallest absolute Gasteiger partial charge is 0.358 e. The SMILES string of the molecule is CCCCCC[c-]1cccc1.CCCCCC[c-]1cccc1.[CH3-].[CH3-].[Zr+4]. The van der Waals surface area contributed by atoms with E-state index in [1.165, 1.54) is 75.3 Å². The van der Waals surface area contributed by atoms with Crippen molar-refractivity contribution in [3.8, 4) is 0 Å². The van der Waals surface area contributed by atoms with Gasteiger partial charge >= 0.3 is 26.2 Å². The van der Waals surface area contributed by atoms with Crippen LogP contribution in [0, 0.1) is 14.9 Å². The molecule has 25 heavy (non-hydrogen) atoms. The maximum Gasteiger partial charge on any atom is 4.00 e. The van der Waals surface area contributed by atoms with Gasteiger partial charge in [0, 0.05) is 0 Å². The Labute approximate surface area is 178 Å². The van der Waals surface area contributed by atoms with Crippen LogP contribution in [0.4, 0.5) is 0 Å². The number of hydrogen-bond acceptors (Lipinski definition) is 0. The van der Waals surface area contributed by atoms with Crippen LogP contribution in [-0.2, 0) is 39.0 Å². The largest absolute Gasteiger partial charge is 4.00 e. The van der Waals surface area contributed by atoms with Crippen molar-refractivity contribution < 1.29 is 26.2 Å². The first-order chi connectivity index (χ1) is 10.9. The summed E-state index contributed by atoms with van der Waals surface area (Å²) in [5.41, 5.74) is 3.00. The third-order valence-corrected chi connectivity index (χ3v) is 4.10. The van der Waals surface area contributed by atoms with Crippen molar-refractivity contribution in [1.82, 2.24) is 0 Å². The first-order valence-electron chi connectivity index (χ1n) is 9.28. The van der Waals surface area contributed by atoms with Gasteiger partial charge in [-0.05, 0) is 0 Å². The minimum absolute atomic E-state index is 0. The van der Waals surface area contributed by atoms with E-state index in [9.17, 15) is 0 Å². The molecule has 0 radical (unpaired) electrons. The van der Waals surface area contributed by atoms with Crippen molar-refractivity contribution in [3.63, 3.8) is 0 Å². The topological polar surface area (TPSA) is 0 Å². The molecule has 0 atom stereocenters. The van der Waals surface area contributed by atoms with Crippen molar-refractivity contribution in [3.05, 3.63) is 74.5 Å². The Balaban J connectivity index is -0.000000346. The molecule has 0 unspecified atom stereocenters. The van der Waals surface area contributed by atoms with Gasteiger partial charge in [-0.3, -0.25) is 0 Å². The maximum atomic E-state index is 2.25. The monoisotopic (exact) mass is 418 g/mol. The van der Waals surface area contributed by atoms with Crippen LogP contribution in [0.25, 0.3) is 0 Å². The van der Waals surface area contributed by atoms with E-state index in [-0.39, 0.29) is 41.1 Å². The van der Waals surface area contributed by atoms with Gasteiger partial charge in [-0.1, -0.05) is 78.1 Å². The molecule has 0 aliphatic rings. The fourth-order valence-electron chi connectivity index (χ4n) is 2.67. The van der Waals surface area contributed by atoms with Crippen molar-refractivity contribution >= 4 is 0 Å². The summed E-state index contributed by atoms with van der Waals surface area (Å²) in [6.45, 7) is 4.50. The van der Waals surface area contributed by atoms with Crippen LogP contribution in [0.2, 0.25) is 0 Å². The van der Waals surface area contributed by atoms with Crippen molar-refractivity contribution in [2.45, 2.75) is 78.1 Å². The van der Waals surface area contributed by atoms with E-state index in [2.05, 4.69) is 62.4 Å². The number of aryl methyl sites for hydroxylation is 2. The summed E-state index contributed by atoms with van der Waals surface area (Å²) in [5.74, 6) is 0. The number of rotatable bonds is 10. The van der Waals surface area contributed by atoms with E-state index in [0.29, 0.717) is 0 Å². The van der Waals surface area contributed by atoms with E-state index < -0.39 is 0 Å². The minimum atomic E-state index is 0. The first kappa shape index (κ1) is 29.4. The molecule has 0 aliphatic heterocycles. The summed E-state index contributed by atoms with van der Waals surface area (Å²) in [5, 5.41) is 0. The molecular formula is C24H40Zr. The van der Waals surface area contributed by atoms with Crippen molar-refractivity contribution in [2.75, 3.05) is 0 Å². The Morgan fingerprint density at radius 3 is 1.12 bits per heavy atom. The second-order valence-corrected chi connectivity index (χ2v) is 6.21. The van der Waals surface area contributed by atoms with E-state index in [1.54, 1.807) is 0 Å². The molecule has 0 heterocycles. The zero-order valence-electron chi connectivity index (χ0n) is 17.2. The molecule has 0 bridgehead atoms. The molecule has 0 amide bonds. The molecular weight excluding hydrogens is 379 g/mol. The first-order valence-corrected chi connectivity index (χ1v) is 9.28. The Bertz CT molecular complexity index is 369. The third kappa shape index (κ3) is 16.8. The molecule has 0 aromatic heterocycles. The number of unbranched alkanes of at least 4 members (excludes halogenated alkanes) is 6. The zero-order valence-corrected chi connectivity index (χ0v) is 19.6. The summed E-state index contributed by atoms with van der Waals surface area (Å²) in [6, 6.07) is 17.3. The fourth-order valence-corrected chi connectivity index (χ4v) is 2.67. The average Bonchev–Trinajstić information content (AvgIpc) is 3.22. The van der Waals surface area contributed by atoms with Crippen LogP contribution in [0.15, 0.2) is 48.5 Å². The molecule has 140 valence electrons. The molecule has 0 saturated carbocycles. The van der Waals surface area contributed by atoms with Gasteiger partial charge in [0.25, 0.3) is 0 Å². The predicted octanol–water partition coefficient (Wildman–Crippen LogP) is 7.95. The predicted molar refractivity (Wildman–Crippen MR) is 113 cm³/mol. The molecule has 0 N–H and O–H groups in total. The molecule has 0 spiro atoms. The van der Waals surface area contributed by atoms with Gasteiger partial charge in [-0.2, -0.15) is 35.4 Å². The van der Waals surface area contributed by atoms with E-state index >= 15 is 0 Å². The summed E-state index contributed by atoms with van der Waals surface area (Å²) < 4.78 is 0. The Kier molecular flexibility index (Phi) is 25.4. The van der Waals surface area contributed by atoms with Crippen molar-refractivity contribution in [2.24, 2.45) is 0 Å². The van der Waals surface area contributed by atoms with Crippen LogP contribution in [-0.4, -0.2) is 0 Å². The third-order valence-electron chi connectivity index (χ3n) is 4.10. The standard InChI is InChI=1S/2C11H17.2CH3.Zr/c2*1-2-3-4-5-8-11-9-6-7-10-11;;;/h2*6-7,9-10H,2-5,8H2,1H3;2*1H3;/q4*-1;+4. The van der Waals surface area contributed by atoms with E-state index in [0.717, 1.165) is 0 Å². The van der Waals surface area contributed by atoms with Gasteiger partial charge in [0.2, 0.25) is 0 Å². The van der Waals surface area contributed by atoms with Gasteiger partial charge in [-0.15, -0.1) is 0 Å². The molecule has 0 saturated heterocycles. The quantitative estimate of drug-likeness (QED) is 0.271. The van der Waals surface area contributed by atoms with Gasteiger partial charge in [-0.25, -0.2) is 24.3 Å². The van der Waals surface area contributed by atoms with Crippen molar-refractivity contribution in [1.29, 1.82) is 0 Å². The van der Waals surface area contributed by atoms with Gasteiger partial charge in [0.15, 0.2) is 0 Å². The van der Waals surface area contributed by atoms with Gasteiger partial charge in [0.05, 0.1) is 0 Å². The average molecular weight is 420 g/mol. The van der Waals surface area contributed by atoms with Crippen LogP contribution < -0.4 is 0 Å². The molecule has 0 fully saturated rings. The summed E-state index contributed by atoms with van der Waals surface area (Å²) in [7, 11) is 0. The van der Waals surface area contributed by atoms with Crippen LogP contribution in [0.5, 0.6) is 0 Å². The molecule has 0 nitrogen and oxygen atoms in total. The van der Waals surface area contributed by atoms with E-state index in [1.807, 2.05) is 0 Å². The second kappa shape index (κ2) is 21.6.